The van der Waals surface area contributed by atoms with Crippen LogP contribution in [0.15, 0.2) is 22.3 Å². The van der Waals surface area contributed by atoms with Crippen LogP contribution >= 0.6 is 0 Å². The average molecular weight is 208 g/mol. The van der Waals surface area contributed by atoms with Gasteiger partial charge < -0.3 is 10.6 Å². The Balaban J connectivity index is 2.85. The van der Waals surface area contributed by atoms with E-state index in [0.717, 1.165) is 0 Å². The Labute approximate surface area is 87.2 Å². The molecule has 3 amide bonds. The van der Waals surface area contributed by atoms with Gasteiger partial charge in [-0.25, -0.2) is 9.79 Å². The molecule has 0 aliphatic carbocycles. The van der Waals surface area contributed by atoms with Crippen molar-refractivity contribution in [2.75, 3.05) is 6.54 Å². The molecule has 0 bridgehead atoms. The summed E-state index contributed by atoms with van der Waals surface area (Å²) in [5, 5.41) is 4.90. The molecule has 1 aliphatic heterocycles. The Morgan fingerprint density at radius 2 is 2.33 bits per heavy atom. The van der Waals surface area contributed by atoms with Crippen LogP contribution in [-0.2, 0) is 4.79 Å². The molecule has 1 rings (SSSR count). The summed E-state index contributed by atoms with van der Waals surface area (Å²) in [6.07, 6.45) is 0. The minimum Gasteiger partial charge on any atom is -0.336 e. The van der Waals surface area contributed by atoms with Crippen molar-refractivity contribution < 1.29 is 9.59 Å². The van der Waals surface area contributed by atoms with E-state index in [4.69, 9.17) is 0 Å². The lowest BCUT2D eigenvalue weighted by atomic mass is 10.3. The number of nitrogens with zero attached hydrogens (tertiary/aromatic N) is 2. The van der Waals surface area contributed by atoms with E-state index < -0.39 is 6.03 Å². The molecule has 6 heteroatoms. The highest BCUT2D eigenvalue weighted by atomic mass is 16.2. The summed E-state index contributed by atoms with van der Waals surface area (Å²) in [6.45, 7) is 7.38. The second-order valence-corrected chi connectivity index (χ2v) is 2.89. The smallest absolute Gasteiger partial charge is 0.336 e. The summed E-state index contributed by atoms with van der Waals surface area (Å²) in [5.41, 5.74) is 0.577. The molecule has 1 heterocycles. The van der Waals surface area contributed by atoms with Gasteiger partial charge in [-0.3, -0.25) is 4.79 Å². The zero-order valence-electron chi connectivity index (χ0n) is 8.63. The summed E-state index contributed by atoms with van der Waals surface area (Å²) in [6, 6.07) is -0.524. The molecule has 0 aromatic carbocycles. The third kappa shape index (κ3) is 2.73. The number of carbonyl (C=O) groups excluding carboxylic acids is 2. The Morgan fingerprint density at radius 1 is 1.67 bits per heavy atom. The number of nitrogens with one attached hydrogen (secondary N) is 2. The summed E-state index contributed by atoms with van der Waals surface area (Å²) in [7, 11) is 0. The Bertz CT molecular complexity index is 382. The van der Waals surface area contributed by atoms with Crippen molar-refractivity contribution in [1.29, 1.82) is 0 Å². The largest absolute Gasteiger partial charge is 0.342 e. The number of urea groups is 1. The van der Waals surface area contributed by atoms with E-state index in [1.54, 1.807) is 13.8 Å². The van der Waals surface area contributed by atoms with Gasteiger partial charge in [-0.2, -0.15) is 4.99 Å². The van der Waals surface area contributed by atoms with Crippen molar-refractivity contribution in [1.82, 2.24) is 10.6 Å². The molecule has 80 valence electrons. The van der Waals surface area contributed by atoms with E-state index in [9.17, 15) is 9.59 Å². The number of rotatable bonds is 1. The van der Waals surface area contributed by atoms with Crippen LogP contribution in [0.4, 0.5) is 4.79 Å². The van der Waals surface area contributed by atoms with Gasteiger partial charge in [-0.15, -0.1) is 0 Å². The van der Waals surface area contributed by atoms with E-state index in [2.05, 4.69) is 27.2 Å². The van der Waals surface area contributed by atoms with E-state index in [1.807, 2.05) is 0 Å². The molecule has 0 unspecified atom stereocenters. The molecule has 0 saturated heterocycles. The van der Waals surface area contributed by atoms with Gasteiger partial charge >= 0.3 is 6.03 Å². The predicted octanol–water partition coefficient (Wildman–Crippen LogP) is 0.219. The molecule has 15 heavy (non-hydrogen) atoms. The zero-order valence-corrected chi connectivity index (χ0v) is 8.63. The fourth-order valence-corrected chi connectivity index (χ4v) is 0.961. The molecule has 0 spiro atoms. The first-order chi connectivity index (χ1) is 7.04. The van der Waals surface area contributed by atoms with Crippen molar-refractivity contribution >= 4 is 23.5 Å². The van der Waals surface area contributed by atoms with Crippen LogP contribution < -0.4 is 10.6 Å². The second-order valence-electron chi connectivity index (χ2n) is 2.89. The highest BCUT2D eigenvalue weighted by Crippen LogP contribution is 2.02. The van der Waals surface area contributed by atoms with Gasteiger partial charge in [0.2, 0.25) is 0 Å². The lowest BCUT2D eigenvalue weighted by molar-refractivity contribution is -0.113. The zero-order chi connectivity index (χ0) is 11.4. The third-order valence-electron chi connectivity index (χ3n) is 1.68. The summed E-state index contributed by atoms with van der Waals surface area (Å²) >= 11 is 0. The van der Waals surface area contributed by atoms with Crippen molar-refractivity contribution in [2.24, 2.45) is 9.98 Å². The van der Waals surface area contributed by atoms with E-state index in [-0.39, 0.29) is 17.4 Å². The highest BCUT2D eigenvalue weighted by Gasteiger charge is 2.19. The number of aliphatic imine (C=N–C) groups is 2. The van der Waals surface area contributed by atoms with Crippen molar-refractivity contribution in [2.45, 2.75) is 13.8 Å². The minimum atomic E-state index is -0.524. The SMILES string of the molecule is C=C1N=C(C)C(=O)NC1=NC(=O)NCC. The van der Waals surface area contributed by atoms with Crippen LogP contribution in [0.2, 0.25) is 0 Å². The molecule has 0 aromatic rings. The summed E-state index contributed by atoms with van der Waals surface area (Å²) in [4.78, 5) is 29.8. The molecule has 1 aliphatic rings. The van der Waals surface area contributed by atoms with Crippen LogP contribution in [-0.4, -0.2) is 30.0 Å². The molecule has 6 nitrogen and oxygen atoms in total. The molecule has 0 saturated carbocycles. The number of amidine groups is 1. The monoisotopic (exact) mass is 208 g/mol. The Morgan fingerprint density at radius 3 is 2.93 bits per heavy atom. The molecule has 0 fully saturated rings. The van der Waals surface area contributed by atoms with Gasteiger partial charge in [0, 0.05) is 6.54 Å². The maximum Gasteiger partial charge on any atom is 0.342 e. The lowest BCUT2D eigenvalue weighted by Gasteiger charge is -2.13. The van der Waals surface area contributed by atoms with E-state index in [1.165, 1.54) is 0 Å². The molecule has 2 N–H and O–H groups in total. The van der Waals surface area contributed by atoms with E-state index in [0.29, 0.717) is 12.3 Å². The number of hydrogen-bond donors (Lipinski definition) is 2. The minimum absolute atomic E-state index is 0.0940. The van der Waals surface area contributed by atoms with Crippen molar-refractivity contribution in [3.8, 4) is 0 Å². The first-order valence-electron chi connectivity index (χ1n) is 4.47. The van der Waals surface area contributed by atoms with Gasteiger partial charge in [0.1, 0.15) is 5.71 Å². The lowest BCUT2D eigenvalue weighted by Crippen LogP contribution is -2.40. The Hall–Kier alpha value is -1.98. The third-order valence-corrected chi connectivity index (χ3v) is 1.68. The number of amides is 3. The second kappa shape index (κ2) is 4.50. The molecular formula is C9H12N4O2. The van der Waals surface area contributed by atoms with Crippen molar-refractivity contribution in [3.63, 3.8) is 0 Å². The highest BCUT2D eigenvalue weighted by molar-refractivity contribution is 6.44. The number of hydrogen-bond acceptors (Lipinski definition) is 3. The van der Waals surface area contributed by atoms with Crippen LogP contribution in [0.5, 0.6) is 0 Å². The number of carbonyl (C=O) groups is 2. The standard InChI is InChI=1S/C9H12N4O2/c1-4-10-9(15)13-7-5(2)11-6(3)8(14)12-7/h2,4H2,1,3H3,(H2,10,12,13,14,15). The Kier molecular flexibility index (Phi) is 3.33. The van der Waals surface area contributed by atoms with Crippen LogP contribution in [0.1, 0.15) is 13.8 Å². The molecule has 0 radical (unpaired) electrons. The van der Waals surface area contributed by atoms with E-state index >= 15 is 0 Å². The van der Waals surface area contributed by atoms with Gasteiger partial charge in [-0.05, 0) is 13.8 Å². The molecule has 0 aromatic heterocycles. The first kappa shape index (κ1) is 11.1. The summed E-state index contributed by atoms with van der Waals surface area (Å²) in [5.74, 6) is -0.276. The first-order valence-corrected chi connectivity index (χ1v) is 4.47. The fourth-order valence-electron chi connectivity index (χ4n) is 0.961. The normalized spacial score (nSPS) is 18.5. The van der Waals surface area contributed by atoms with Gasteiger partial charge in [0.05, 0.1) is 5.70 Å². The molecule has 0 atom stereocenters. The van der Waals surface area contributed by atoms with Crippen LogP contribution in [0.3, 0.4) is 0 Å². The topological polar surface area (TPSA) is 82.9 Å². The van der Waals surface area contributed by atoms with Crippen molar-refractivity contribution in [3.05, 3.63) is 12.3 Å². The maximum absolute atomic E-state index is 11.2. The van der Waals surface area contributed by atoms with Gasteiger partial charge in [0.15, 0.2) is 5.84 Å². The van der Waals surface area contributed by atoms with Gasteiger partial charge in [0.25, 0.3) is 5.91 Å². The predicted molar refractivity (Wildman–Crippen MR) is 56.9 cm³/mol. The molecular weight excluding hydrogens is 196 g/mol. The summed E-state index contributed by atoms with van der Waals surface area (Å²) < 4.78 is 0. The quantitative estimate of drug-likeness (QED) is 0.646. The van der Waals surface area contributed by atoms with Crippen LogP contribution in [0, 0.1) is 0 Å². The van der Waals surface area contributed by atoms with Crippen LogP contribution in [0.25, 0.3) is 0 Å². The fraction of sp³-hybridized carbons (Fsp3) is 0.333. The van der Waals surface area contributed by atoms with Gasteiger partial charge in [-0.1, -0.05) is 6.58 Å². The maximum atomic E-state index is 11.2. The average Bonchev–Trinajstić information content (AvgIpc) is 2.14.